The number of hydrogen-bond donors (Lipinski definition) is 0. The van der Waals surface area contributed by atoms with E-state index < -0.39 is 0 Å². The van der Waals surface area contributed by atoms with Crippen molar-refractivity contribution in [1.29, 1.82) is 0 Å². The molecule has 15 heavy (non-hydrogen) atoms. The quantitative estimate of drug-likeness (QED) is 0.740. The fourth-order valence-electron chi connectivity index (χ4n) is 2.73. The van der Waals surface area contributed by atoms with Crippen LogP contribution in [-0.4, -0.2) is 28.7 Å². The molecule has 3 heterocycles. The van der Waals surface area contributed by atoms with Gasteiger partial charge in [-0.2, -0.15) is 0 Å². The van der Waals surface area contributed by atoms with Gasteiger partial charge in [0.1, 0.15) is 0 Å². The molecular formula is C12H16N2O. The molecule has 2 aliphatic rings. The van der Waals surface area contributed by atoms with Gasteiger partial charge in [0.15, 0.2) is 5.76 Å². The normalized spacial score (nSPS) is 31.5. The summed E-state index contributed by atoms with van der Waals surface area (Å²) in [6.45, 7) is 2.53. The largest absolute Gasteiger partial charge is 0.357 e. The first-order valence-electron chi connectivity index (χ1n) is 5.74. The van der Waals surface area contributed by atoms with Crippen molar-refractivity contribution < 1.29 is 4.52 Å². The molecular weight excluding hydrogens is 188 g/mol. The summed E-state index contributed by atoms with van der Waals surface area (Å²) in [5.41, 5.74) is 0.352. The van der Waals surface area contributed by atoms with Gasteiger partial charge in [-0.3, -0.25) is 4.90 Å². The van der Waals surface area contributed by atoms with Crippen molar-refractivity contribution >= 4 is 6.08 Å². The predicted octanol–water partition coefficient (Wildman–Crippen LogP) is 2.32. The summed E-state index contributed by atoms with van der Waals surface area (Å²) in [5.74, 6) is 0.863. The smallest absolute Gasteiger partial charge is 0.159 e. The van der Waals surface area contributed by atoms with Crippen LogP contribution in [0.15, 0.2) is 22.9 Å². The third-order valence-corrected chi connectivity index (χ3v) is 3.75. The Morgan fingerprint density at radius 3 is 3.00 bits per heavy atom. The van der Waals surface area contributed by atoms with Gasteiger partial charge in [-0.05, 0) is 31.9 Å². The Bertz CT molecular complexity index is 358. The maximum absolute atomic E-state index is 5.07. The summed E-state index contributed by atoms with van der Waals surface area (Å²) < 4.78 is 5.07. The molecule has 0 radical (unpaired) electrons. The summed E-state index contributed by atoms with van der Waals surface area (Å²) in [6, 6.07) is 1.90. The minimum absolute atomic E-state index is 0.352. The maximum Gasteiger partial charge on any atom is 0.159 e. The van der Waals surface area contributed by atoms with E-state index >= 15 is 0 Å². The molecule has 0 N–H and O–H groups in total. The molecule has 1 aromatic heterocycles. The summed E-state index contributed by atoms with van der Waals surface area (Å²) in [4.78, 5) is 2.59. The van der Waals surface area contributed by atoms with Gasteiger partial charge in [0.25, 0.3) is 0 Å². The fourth-order valence-corrected chi connectivity index (χ4v) is 2.73. The molecule has 2 saturated heterocycles. The van der Waals surface area contributed by atoms with E-state index in [4.69, 9.17) is 4.52 Å². The van der Waals surface area contributed by atoms with Gasteiger partial charge in [0, 0.05) is 18.2 Å². The van der Waals surface area contributed by atoms with Crippen LogP contribution < -0.4 is 0 Å². The van der Waals surface area contributed by atoms with Crippen molar-refractivity contribution in [3.8, 4) is 0 Å². The monoisotopic (exact) mass is 204 g/mol. The lowest BCUT2D eigenvalue weighted by molar-refractivity contribution is -0.00720. The number of aromatic nitrogens is 1. The molecule has 0 aliphatic carbocycles. The van der Waals surface area contributed by atoms with Crippen LogP contribution in [0.3, 0.4) is 0 Å². The van der Waals surface area contributed by atoms with E-state index in [2.05, 4.69) is 22.2 Å². The number of rotatable bonds is 2. The first kappa shape index (κ1) is 9.16. The van der Waals surface area contributed by atoms with Gasteiger partial charge in [0.2, 0.25) is 0 Å². The molecule has 1 atom stereocenters. The predicted molar refractivity (Wildman–Crippen MR) is 58.3 cm³/mol. The number of nitrogens with zero attached hydrogens (tertiary/aromatic N) is 2. The van der Waals surface area contributed by atoms with Crippen LogP contribution in [0, 0.1) is 0 Å². The second-order valence-corrected chi connectivity index (χ2v) is 4.55. The van der Waals surface area contributed by atoms with Crippen molar-refractivity contribution in [3.05, 3.63) is 24.1 Å². The van der Waals surface area contributed by atoms with E-state index in [1.165, 1.54) is 38.8 Å². The van der Waals surface area contributed by atoms with Crippen LogP contribution in [-0.2, 0) is 0 Å². The lowest BCUT2D eigenvalue weighted by Crippen LogP contribution is -2.60. The van der Waals surface area contributed by atoms with Gasteiger partial charge in [0.05, 0.1) is 6.20 Å². The highest BCUT2D eigenvalue weighted by atomic mass is 16.5. The van der Waals surface area contributed by atoms with Gasteiger partial charge < -0.3 is 4.52 Å². The Morgan fingerprint density at radius 1 is 1.33 bits per heavy atom. The van der Waals surface area contributed by atoms with Crippen molar-refractivity contribution in [2.75, 3.05) is 13.1 Å². The highest BCUT2D eigenvalue weighted by Crippen LogP contribution is 2.40. The third kappa shape index (κ3) is 1.51. The molecule has 0 aromatic carbocycles. The Kier molecular flexibility index (Phi) is 2.13. The van der Waals surface area contributed by atoms with Crippen LogP contribution in [0.4, 0.5) is 0 Å². The molecule has 0 spiro atoms. The average Bonchev–Trinajstić information content (AvgIpc) is 2.72. The van der Waals surface area contributed by atoms with Gasteiger partial charge >= 0.3 is 0 Å². The number of fused-ring (bicyclic) bond motifs is 1. The third-order valence-electron chi connectivity index (χ3n) is 3.75. The van der Waals surface area contributed by atoms with Gasteiger partial charge in [-0.15, -0.1) is 0 Å². The first-order valence-corrected chi connectivity index (χ1v) is 5.74. The van der Waals surface area contributed by atoms with Crippen LogP contribution in [0.25, 0.3) is 6.08 Å². The van der Waals surface area contributed by atoms with Crippen LogP contribution in [0.2, 0.25) is 0 Å². The minimum atomic E-state index is 0.352. The maximum atomic E-state index is 5.07. The van der Waals surface area contributed by atoms with E-state index in [0.717, 1.165) is 5.76 Å². The second kappa shape index (κ2) is 3.49. The van der Waals surface area contributed by atoms with E-state index in [-0.39, 0.29) is 0 Å². The number of hydrogen-bond acceptors (Lipinski definition) is 3. The number of piperidine rings is 1. The zero-order valence-electron chi connectivity index (χ0n) is 8.85. The minimum Gasteiger partial charge on any atom is -0.357 e. The lowest BCUT2D eigenvalue weighted by atomic mass is 9.76. The van der Waals surface area contributed by atoms with E-state index in [1.807, 2.05) is 6.07 Å². The molecule has 2 aliphatic heterocycles. The summed E-state index contributed by atoms with van der Waals surface area (Å²) in [6.07, 6.45) is 11.4. The van der Waals surface area contributed by atoms with Crippen molar-refractivity contribution in [2.45, 2.75) is 31.2 Å². The SMILES string of the molecule is C(=CC12CCCCN1CC2)c1ccno1. The second-order valence-electron chi connectivity index (χ2n) is 4.55. The summed E-state index contributed by atoms with van der Waals surface area (Å²) in [5, 5.41) is 3.71. The average molecular weight is 204 g/mol. The zero-order chi connectivity index (χ0) is 10.1. The van der Waals surface area contributed by atoms with Crippen molar-refractivity contribution in [2.24, 2.45) is 0 Å². The molecule has 2 fully saturated rings. The molecule has 1 unspecified atom stereocenters. The van der Waals surface area contributed by atoms with E-state index in [0.29, 0.717) is 5.54 Å². The standard InChI is InChI=1S/C12H16N2O/c1-2-9-14-10-7-12(14,5-1)6-3-11-4-8-13-15-11/h3-4,6,8H,1-2,5,7,9-10H2. The highest BCUT2D eigenvalue weighted by molar-refractivity contribution is 5.45. The van der Waals surface area contributed by atoms with Crippen molar-refractivity contribution in [1.82, 2.24) is 10.1 Å². The zero-order valence-corrected chi connectivity index (χ0v) is 8.85. The molecule has 80 valence electrons. The molecule has 0 bridgehead atoms. The van der Waals surface area contributed by atoms with E-state index in [9.17, 15) is 0 Å². The van der Waals surface area contributed by atoms with Crippen molar-refractivity contribution in [3.63, 3.8) is 0 Å². The molecule has 0 amide bonds. The van der Waals surface area contributed by atoms with E-state index in [1.54, 1.807) is 6.20 Å². The molecule has 3 rings (SSSR count). The Hall–Kier alpha value is -1.09. The Morgan fingerprint density at radius 2 is 2.33 bits per heavy atom. The lowest BCUT2D eigenvalue weighted by Gasteiger charge is -2.54. The Labute approximate surface area is 89.7 Å². The first-order chi connectivity index (χ1) is 7.39. The molecule has 3 heteroatoms. The van der Waals surface area contributed by atoms with Crippen LogP contribution in [0.1, 0.15) is 31.4 Å². The molecule has 1 aromatic rings. The van der Waals surface area contributed by atoms with Gasteiger partial charge in [-0.25, -0.2) is 0 Å². The van der Waals surface area contributed by atoms with Crippen LogP contribution in [0.5, 0.6) is 0 Å². The summed E-state index contributed by atoms with van der Waals surface area (Å²) >= 11 is 0. The topological polar surface area (TPSA) is 29.3 Å². The summed E-state index contributed by atoms with van der Waals surface area (Å²) in [7, 11) is 0. The van der Waals surface area contributed by atoms with Crippen LogP contribution >= 0.6 is 0 Å². The molecule has 0 saturated carbocycles. The Balaban J connectivity index is 1.76. The van der Waals surface area contributed by atoms with Gasteiger partial charge in [-0.1, -0.05) is 17.7 Å². The highest BCUT2D eigenvalue weighted by Gasteiger charge is 2.43. The fraction of sp³-hybridized carbons (Fsp3) is 0.583. The molecule has 3 nitrogen and oxygen atoms in total.